The topological polar surface area (TPSA) is 40.5 Å². The lowest BCUT2D eigenvalue weighted by Gasteiger charge is -2.25. The Morgan fingerprint density at radius 2 is 2.17 bits per heavy atom. The number of carbonyl (C=O) groups is 1. The first-order chi connectivity index (χ1) is 8.74. The van der Waals surface area contributed by atoms with Crippen LogP contribution in [0.15, 0.2) is 24.3 Å². The van der Waals surface area contributed by atoms with Crippen molar-refractivity contribution in [1.29, 1.82) is 0 Å². The summed E-state index contributed by atoms with van der Waals surface area (Å²) in [5.41, 5.74) is 2.67. The summed E-state index contributed by atoms with van der Waals surface area (Å²) in [4.78, 5) is 13.9. The lowest BCUT2D eigenvalue weighted by Crippen LogP contribution is -2.29. The van der Waals surface area contributed by atoms with Crippen molar-refractivity contribution in [3.63, 3.8) is 0 Å². The van der Waals surface area contributed by atoms with Crippen LogP contribution in [0.25, 0.3) is 0 Å². The molecular formula is C15H21NO2. The van der Waals surface area contributed by atoms with Crippen LogP contribution in [0, 0.1) is 0 Å². The number of aliphatic hydroxyl groups is 1. The molecule has 2 rings (SSSR count). The Balaban J connectivity index is 1.98. The van der Waals surface area contributed by atoms with Crippen LogP contribution in [0.2, 0.25) is 0 Å². The van der Waals surface area contributed by atoms with Crippen molar-refractivity contribution in [3.8, 4) is 0 Å². The van der Waals surface area contributed by atoms with Gasteiger partial charge in [-0.15, -0.1) is 0 Å². The van der Waals surface area contributed by atoms with E-state index >= 15 is 0 Å². The minimum absolute atomic E-state index is 0.170. The maximum atomic E-state index is 12.1. The second-order valence-corrected chi connectivity index (χ2v) is 4.94. The number of carbonyl (C=O) groups excluding carboxylic acids is 1. The molecule has 0 saturated heterocycles. The van der Waals surface area contributed by atoms with Crippen LogP contribution in [0.1, 0.15) is 42.9 Å². The van der Waals surface area contributed by atoms with Crippen molar-refractivity contribution in [2.75, 3.05) is 13.7 Å². The predicted molar refractivity (Wildman–Crippen MR) is 71.2 cm³/mol. The second-order valence-electron chi connectivity index (χ2n) is 4.94. The average Bonchev–Trinajstić information content (AvgIpc) is 2.82. The summed E-state index contributed by atoms with van der Waals surface area (Å²) in [6.07, 6.45) is 4.11. The molecule has 1 aromatic rings. The summed E-state index contributed by atoms with van der Waals surface area (Å²) in [7, 11) is 1.90. The Morgan fingerprint density at radius 3 is 2.94 bits per heavy atom. The number of fused-ring (bicyclic) bond motifs is 1. The third kappa shape index (κ3) is 2.72. The molecule has 0 bridgehead atoms. The molecule has 0 aromatic heterocycles. The van der Waals surface area contributed by atoms with E-state index in [1.807, 2.05) is 18.0 Å². The molecule has 1 aliphatic rings. The van der Waals surface area contributed by atoms with Gasteiger partial charge in [0.2, 0.25) is 5.91 Å². The summed E-state index contributed by atoms with van der Waals surface area (Å²) < 4.78 is 0. The third-order valence-electron chi connectivity index (χ3n) is 3.76. The van der Waals surface area contributed by atoms with Crippen molar-refractivity contribution < 1.29 is 9.90 Å². The van der Waals surface area contributed by atoms with E-state index in [9.17, 15) is 4.79 Å². The Morgan fingerprint density at radius 1 is 1.39 bits per heavy atom. The van der Waals surface area contributed by atoms with Crippen LogP contribution in [-0.4, -0.2) is 29.6 Å². The highest BCUT2D eigenvalue weighted by Gasteiger charge is 2.27. The third-order valence-corrected chi connectivity index (χ3v) is 3.76. The van der Waals surface area contributed by atoms with Crippen molar-refractivity contribution in [1.82, 2.24) is 4.90 Å². The van der Waals surface area contributed by atoms with Crippen LogP contribution in [0.5, 0.6) is 0 Å². The minimum atomic E-state index is 0.170. The summed E-state index contributed by atoms with van der Waals surface area (Å²) in [6.45, 7) is 0.170. The number of aryl methyl sites for hydroxylation is 1. The zero-order valence-electron chi connectivity index (χ0n) is 10.9. The molecule has 3 heteroatoms. The van der Waals surface area contributed by atoms with Gasteiger partial charge in [0.05, 0.1) is 6.04 Å². The zero-order valence-corrected chi connectivity index (χ0v) is 10.9. The SMILES string of the molecule is CN(C(=O)CCCCO)C1CCc2ccccc21. The quantitative estimate of drug-likeness (QED) is 0.811. The summed E-state index contributed by atoms with van der Waals surface area (Å²) in [5.74, 6) is 0.185. The molecule has 0 spiro atoms. The van der Waals surface area contributed by atoms with Crippen molar-refractivity contribution in [3.05, 3.63) is 35.4 Å². The molecule has 3 nitrogen and oxygen atoms in total. The van der Waals surface area contributed by atoms with Crippen LogP contribution in [0.4, 0.5) is 0 Å². The molecule has 1 aliphatic carbocycles. The maximum Gasteiger partial charge on any atom is 0.222 e. The van der Waals surface area contributed by atoms with E-state index in [0.29, 0.717) is 12.8 Å². The van der Waals surface area contributed by atoms with E-state index in [4.69, 9.17) is 5.11 Å². The van der Waals surface area contributed by atoms with E-state index in [1.165, 1.54) is 11.1 Å². The van der Waals surface area contributed by atoms with E-state index in [2.05, 4.69) is 18.2 Å². The van der Waals surface area contributed by atoms with Crippen molar-refractivity contribution >= 4 is 5.91 Å². The summed E-state index contributed by atoms with van der Waals surface area (Å²) in [6, 6.07) is 8.62. The molecular weight excluding hydrogens is 226 g/mol. The largest absolute Gasteiger partial charge is 0.396 e. The van der Waals surface area contributed by atoms with E-state index < -0.39 is 0 Å². The van der Waals surface area contributed by atoms with Gasteiger partial charge >= 0.3 is 0 Å². The van der Waals surface area contributed by atoms with Crippen molar-refractivity contribution in [2.24, 2.45) is 0 Å². The molecule has 0 fully saturated rings. The Bertz CT molecular complexity index is 417. The zero-order chi connectivity index (χ0) is 13.0. The number of amides is 1. The van der Waals surface area contributed by atoms with Gasteiger partial charge in [-0.3, -0.25) is 4.79 Å². The standard InChI is InChI=1S/C15H21NO2/c1-16(15(18)8-4-5-11-17)14-10-9-12-6-2-3-7-13(12)14/h2-3,6-7,14,17H,4-5,8-11H2,1H3. The number of aliphatic hydroxyl groups excluding tert-OH is 1. The van der Waals surface area contributed by atoms with Gasteiger partial charge in [0, 0.05) is 20.1 Å². The van der Waals surface area contributed by atoms with Gasteiger partial charge < -0.3 is 10.0 Å². The highest BCUT2D eigenvalue weighted by Crippen LogP contribution is 2.35. The van der Waals surface area contributed by atoms with E-state index in [-0.39, 0.29) is 18.6 Å². The first kappa shape index (κ1) is 13.1. The number of unbranched alkanes of at least 4 members (excludes halogenated alkanes) is 1. The van der Waals surface area contributed by atoms with Gasteiger partial charge in [-0.1, -0.05) is 24.3 Å². The minimum Gasteiger partial charge on any atom is -0.396 e. The molecule has 18 heavy (non-hydrogen) atoms. The number of rotatable bonds is 5. The monoisotopic (exact) mass is 247 g/mol. The van der Waals surface area contributed by atoms with Gasteiger partial charge in [0.1, 0.15) is 0 Å². The highest BCUT2D eigenvalue weighted by atomic mass is 16.3. The molecule has 0 aliphatic heterocycles. The molecule has 1 amide bonds. The van der Waals surface area contributed by atoms with E-state index in [1.54, 1.807) is 0 Å². The van der Waals surface area contributed by atoms with Crippen molar-refractivity contribution in [2.45, 2.75) is 38.1 Å². The van der Waals surface area contributed by atoms with Crippen LogP contribution in [-0.2, 0) is 11.2 Å². The smallest absolute Gasteiger partial charge is 0.222 e. The number of hydrogen-bond acceptors (Lipinski definition) is 2. The first-order valence-electron chi connectivity index (χ1n) is 6.68. The molecule has 1 aromatic carbocycles. The first-order valence-corrected chi connectivity index (χ1v) is 6.68. The molecule has 0 saturated carbocycles. The fourth-order valence-corrected chi connectivity index (χ4v) is 2.68. The predicted octanol–water partition coefficient (Wildman–Crippen LogP) is 2.29. The molecule has 1 N–H and O–H groups in total. The Kier molecular flexibility index (Phi) is 4.37. The molecule has 98 valence electrons. The maximum absolute atomic E-state index is 12.1. The van der Waals surface area contributed by atoms with Gasteiger partial charge in [-0.25, -0.2) is 0 Å². The highest BCUT2D eigenvalue weighted by molar-refractivity contribution is 5.76. The average molecular weight is 247 g/mol. The summed E-state index contributed by atoms with van der Waals surface area (Å²) >= 11 is 0. The molecule has 1 atom stereocenters. The fourth-order valence-electron chi connectivity index (χ4n) is 2.68. The van der Waals surface area contributed by atoms with Crippen LogP contribution < -0.4 is 0 Å². The summed E-state index contributed by atoms with van der Waals surface area (Å²) in [5, 5.41) is 8.73. The Hall–Kier alpha value is -1.35. The van der Waals surface area contributed by atoms with E-state index in [0.717, 1.165) is 19.3 Å². The molecule has 0 heterocycles. The van der Waals surface area contributed by atoms with Crippen LogP contribution in [0.3, 0.4) is 0 Å². The van der Waals surface area contributed by atoms with Crippen LogP contribution >= 0.6 is 0 Å². The normalized spacial score (nSPS) is 17.6. The molecule has 0 radical (unpaired) electrons. The lowest BCUT2D eigenvalue weighted by atomic mass is 10.1. The van der Waals surface area contributed by atoms with Gasteiger partial charge in [-0.2, -0.15) is 0 Å². The molecule has 1 unspecified atom stereocenters. The fraction of sp³-hybridized carbons (Fsp3) is 0.533. The number of benzene rings is 1. The number of nitrogens with zero attached hydrogens (tertiary/aromatic N) is 1. The second kappa shape index (κ2) is 6.01. The van der Waals surface area contributed by atoms with Gasteiger partial charge in [0.15, 0.2) is 0 Å². The van der Waals surface area contributed by atoms with Gasteiger partial charge in [0.25, 0.3) is 0 Å². The Labute approximate surface area is 108 Å². The number of hydrogen-bond donors (Lipinski definition) is 1. The van der Waals surface area contributed by atoms with Gasteiger partial charge in [-0.05, 0) is 36.8 Å². The lowest BCUT2D eigenvalue weighted by molar-refractivity contribution is -0.132.